The maximum Gasteiger partial charge on any atom is 0.0456 e. The third-order valence-corrected chi connectivity index (χ3v) is 1.77. The first-order valence-electron chi connectivity index (χ1n) is 2.91. The molecule has 0 aromatic carbocycles. The minimum absolute atomic E-state index is 0.334. The van der Waals surface area contributed by atoms with Crippen molar-refractivity contribution >= 4 is 11.8 Å². The summed E-state index contributed by atoms with van der Waals surface area (Å²) in [6, 6.07) is 0. The summed E-state index contributed by atoms with van der Waals surface area (Å²) in [4.78, 5) is 0. The average Bonchev–Trinajstić information content (AvgIpc) is 1.83. The van der Waals surface area contributed by atoms with Crippen LogP contribution in [0.3, 0.4) is 0 Å². The molecule has 0 saturated heterocycles. The van der Waals surface area contributed by atoms with E-state index in [1.807, 2.05) is 11.8 Å². The fourth-order valence-corrected chi connectivity index (χ4v) is 1.05. The molecule has 0 amide bonds. The Kier molecular flexibility index (Phi) is 5.66. The summed E-state index contributed by atoms with van der Waals surface area (Å²) in [6.07, 6.45) is 3.22. The third kappa shape index (κ3) is 4.47. The largest absolute Gasteiger partial charge is 0.396 e. The van der Waals surface area contributed by atoms with Gasteiger partial charge < -0.3 is 5.11 Å². The summed E-state index contributed by atoms with van der Waals surface area (Å²) in [5, 5.41) is 8.55. The van der Waals surface area contributed by atoms with Crippen LogP contribution in [0.2, 0.25) is 0 Å². The number of hydrogen-bond acceptors (Lipinski definition) is 2. The van der Waals surface area contributed by atoms with E-state index in [0.717, 1.165) is 6.42 Å². The molecule has 0 bridgehead atoms. The average molecular weight is 134 g/mol. The van der Waals surface area contributed by atoms with Crippen LogP contribution in [0.1, 0.15) is 13.3 Å². The number of aliphatic hydroxyl groups is 1. The summed E-state index contributed by atoms with van der Waals surface area (Å²) >= 11 is 1.83. The van der Waals surface area contributed by atoms with Gasteiger partial charge in [0.15, 0.2) is 0 Å². The number of hydrogen-bond donors (Lipinski definition) is 1. The van der Waals surface area contributed by atoms with Crippen molar-refractivity contribution in [2.45, 2.75) is 13.3 Å². The van der Waals surface area contributed by atoms with Gasteiger partial charge in [-0.25, -0.2) is 0 Å². The molecule has 0 aliphatic heterocycles. The van der Waals surface area contributed by atoms with Gasteiger partial charge in [0, 0.05) is 6.61 Å². The Morgan fingerprint density at radius 2 is 2.25 bits per heavy atom. The predicted molar refractivity (Wildman–Crippen MR) is 39.2 cm³/mol. The molecule has 0 spiro atoms. The lowest BCUT2D eigenvalue weighted by Gasteiger charge is -2.03. The van der Waals surface area contributed by atoms with Crippen LogP contribution in [0.5, 0.6) is 0 Å². The van der Waals surface area contributed by atoms with Crippen molar-refractivity contribution < 1.29 is 5.11 Å². The molecule has 50 valence electrons. The Bertz CT molecular complexity index is 47.8. The number of aliphatic hydroxyl groups excluding tert-OH is 1. The second-order valence-corrected chi connectivity index (χ2v) is 3.05. The quantitative estimate of drug-likeness (QED) is 0.626. The monoisotopic (exact) mass is 134 g/mol. The van der Waals surface area contributed by atoms with E-state index in [1.165, 1.54) is 5.75 Å². The Balaban J connectivity index is 2.86. The molecule has 0 fully saturated rings. The van der Waals surface area contributed by atoms with Crippen LogP contribution in [-0.4, -0.2) is 23.7 Å². The van der Waals surface area contributed by atoms with E-state index in [2.05, 4.69) is 13.2 Å². The third-order valence-electron chi connectivity index (χ3n) is 1.13. The van der Waals surface area contributed by atoms with E-state index < -0.39 is 0 Å². The van der Waals surface area contributed by atoms with Crippen molar-refractivity contribution in [2.24, 2.45) is 5.92 Å². The Labute approximate surface area is 55.5 Å². The first-order valence-corrected chi connectivity index (χ1v) is 4.30. The molecule has 0 rings (SSSR count). The fraction of sp³-hybridized carbons (Fsp3) is 1.00. The minimum Gasteiger partial charge on any atom is -0.396 e. The lowest BCUT2D eigenvalue weighted by Crippen LogP contribution is -2.00. The molecule has 1 nitrogen and oxygen atoms in total. The lowest BCUT2D eigenvalue weighted by molar-refractivity contribution is 0.235. The van der Waals surface area contributed by atoms with Gasteiger partial charge >= 0.3 is 0 Å². The van der Waals surface area contributed by atoms with Gasteiger partial charge in [-0.3, -0.25) is 0 Å². The van der Waals surface area contributed by atoms with E-state index in [1.54, 1.807) is 0 Å². The molecule has 1 atom stereocenters. The molecular weight excluding hydrogens is 120 g/mol. The normalized spacial score (nSPS) is 13.9. The van der Waals surface area contributed by atoms with Gasteiger partial charge in [-0.2, -0.15) is 11.8 Å². The summed E-state index contributed by atoms with van der Waals surface area (Å²) in [6.45, 7) is 2.40. The molecule has 2 heteroatoms. The predicted octanol–water partition coefficient (Wildman–Crippen LogP) is 1.37. The molecular formula is C6H14OS. The molecule has 0 aliphatic rings. The number of thioether (sulfide) groups is 1. The van der Waals surface area contributed by atoms with Gasteiger partial charge in [-0.1, -0.05) is 6.92 Å². The molecule has 0 heterocycles. The van der Waals surface area contributed by atoms with E-state index in [-0.39, 0.29) is 0 Å². The second-order valence-electron chi connectivity index (χ2n) is 2.07. The first-order chi connectivity index (χ1) is 3.81. The van der Waals surface area contributed by atoms with Crippen molar-refractivity contribution in [3.63, 3.8) is 0 Å². The van der Waals surface area contributed by atoms with Crippen molar-refractivity contribution in [3.05, 3.63) is 0 Å². The molecule has 0 aromatic rings. The van der Waals surface area contributed by atoms with Crippen molar-refractivity contribution in [2.75, 3.05) is 18.6 Å². The topological polar surface area (TPSA) is 20.2 Å². The van der Waals surface area contributed by atoms with E-state index in [9.17, 15) is 0 Å². The molecule has 0 unspecified atom stereocenters. The van der Waals surface area contributed by atoms with Crippen LogP contribution < -0.4 is 0 Å². The maximum absolute atomic E-state index is 8.55. The van der Waals surface area contributed by atoms with Gasteiger partial charge in [0.25, 0.3) is 0 Å². The molecule has 8 heavy (non-hydrogen) atoms. The summed E-state index contributed by atoms with van der Waals surface area (Å²) in [7, 11) is 0. The highest BCUT2D eigenvalue weighted by atomic mass is 32.2. The van der Waals surface area contributed by atoms with Crippen molar-refractivity contribution in [1.29, 1.82) is 0 Å². The smallest absolute Gasteiger partial charge is 0.0456 e. The lowest BCUT2D eigenvalue weighted by atomic mass is 10.1. The second kappa shape index (κ2) is 5.45. The molecule has 1 N–H and O–H groups in total. The van der Waals surface area contributed by atoms with Crippen LogP contribution in [0.25, 0.3) is 0 Å². The summed E-state index contributed by atoms with van der Waals surface area (Å²) < 4.78 is 0. The van der Waals surface area contributed by atoms with Crippen molar-refractivity contribution in [3.8, 4) is 0 Å². The standard InChI is InChI=1S/C6H14OS/c1-6(5-7)3-4-8-2/h6-7H,3-5H2,1-2H3/t6-/m0/s1. The molecule has 0 radical (unpaired) electrons. The fourth-order valence-electron chi connectivity index (χ4n) is 0.410. The zero-order valence-corrected chi connectivity index (χ0v) is 6.37. The van der Waals surface area contributed by atoms with Crippen LogP contribution in [0.15, 0.2) is 0 Å². The van der Waals surface area contributed by atoms with Gasteiger partial charge in [-0.15, -0.1) is 0 Å². The van der Waals surface area contributed by atoms with Crippen LogP contribution in [-0.2, 0) is 0 Å². The minimum atomic E-state index is 0.334. The van der Waals surface area contributed by atoms with Gasteiger partial charge in [0.2, 0.25) is 0 Å². The maximum atomic E-state index is 8.55. The van der Waals surface area contributed by atoms with Crippen LogP contribution in [0.4, 0.5) is 0 Å². The van der Waals surface area contributed by atoms with Gasteiger partial charge in [0.05, 0.1) is 0 Å². The highest BCUT2D eigenvalue weighted by Crippen LogP contribution is 2.04. The van der Waals surface area contributed by atoms with Crippen molar-refractivity contribution in [1.82, 2.24) is 0 Å². The molecule has 0 saturated carbocycles. The highest BCUT2D eigenvalue weighted by Gasteiger charge is 1.96. The highest BCUT2D eigenvalue weighted by molar-refractivity contribution is 7.98. The van der Waals surface area contributed by atoms with E-state index in [0.29, 0.717) is 12.5 Å². The zero-order chi connectivity index (χ0) is 6.41. The Morgan fingerprint density at radius 1 is 1.62 bits per heavy atom. The summed E-state index contributed by atoms with van der Waals surface area (Å²) in [5.74, 6) is 1.66. The molecule has 0 aliphatic carbocycles. The van der Waals surface area contributed by atoms with Crippen LogP contribution in [0, 0.1) is 5.92 Å². The van der Waals surface area contributed by atoms with E-state index >= 15 is 0 Å². The number of rotatable bonds is 4. The van der Waals surface area contributed by atoms with Crippen LogP contribution >= 0.6 is 11.8 Å². The Hall–Kier alpha value is 0.310. The summed E-state index contributed by atoms with van der Waals surface area (Å²) in [5.41, 5.74) is 0. The Morgan fingerprint density at radius 3 is 2.62 bits per heavy atom. The van der Waals surface area contributed by atoms with E-state index in [4.69, 9.17) is 5.11 Å². The molecule has 0 aromatic heterocycles. The first kappa shape index (κ1) is 8.31. The van der Waals surface area contributed by atoms with Gasteiger partial charge in [-0.05, 0) is 24.3 Å². The SMILES string of the molecule is CSCC[C@H](C)CO. The zero-order valence-electron chi connectivity index (χ0n) is 5.55. The van der Waals surface area contributed by atoms with Gasteiger partial charge in [0.1, 0.15) is 0 Å².